The molecule has 1 aromatic heterocycles. The van der Waals surface area contributed by atoms with Crippen molar-refractivity contribution in [3.8, 4) is 0 Å². The lowest BCUT2D eigenvalue weighted by molar-refractivity contribution is -0.148. The smallest absolute Gasteiger partial charge is 0.317 e. The maximum atomic E-state index is 13.4. The SMILES string of the molecule is CCOC(=O)C(C)(C)c1csc(C2=NC(c3ccc(F)cc3Cl)C=C(CBr)N2)n1. The Balaban J connectivity index is 1.95. The maximum Gasteiger partial charge on any atom is 0.317 e. The van der Waals surface area contributed by atoms with E-state index in [1.165, 1.54) is 23.5 Å². The van der Waals surface area contributed by atoms with Gasteiger partial charge in [-0.1, -0.05) is 33.6 Å². The number of nitrogens with one attached hydrogen (secondary N) is 1. The third-order valence-corrected chi connectivity index (χ3v) is 6.24. The molecule has 0 amide bonds. The van der Waals surface area contributed by atoms with Gasteiger partial charge in [0.15, 0.2) is 10.8 Å². The number of aromatic nitrogens is 1. The molecule has 3 rings (SSSR count). The molecule has 1 unspecified atom stereocenters. The van der Waals surface area contributed by atoms with Gasteiger partial charge in [-0.25, -0.2) is 9.37 Å². The van der Waals surface area contributed by atoms with Crippen molar-refractivity contribution < 1.29 is 13.9 Å². The summed E-state index contributed by atoms with van der Waals surface area (Å²) in [6.07, 6.45) is 1.93. The molecule has 0 saturated carbocycles. The van der Waals surface area contributed by atoms with Crippen LogP contribution in [0.15, 0.2) is 40.3 Å². The first-order valence-corrected chi connectivity index (χ1v) is 11.3. The van der Waals surface area contributed by atoms with E-state index < -0.39 is 11.2 Å². The van der Waals surface area contributed by atoms with Gasteiger partial charge in [0.2, 0.25) is 0 Å². The number of hydrogen-bond donors (Lipinski definition) is 1. The maximum absolute atomic E-state index is 13.4. The van der Waals surface area contributed by atoms with Crippen molar-refractivity contribution in [2.75, 3.05) is 11.9 Å². The second-order valence-corrected chi connectivity index (χ2v) is 8.75. The molecular weight excluding hydrogens is 481 g/mol. The number of nitrogens with zero attached hydrogens (tertiary/aromatic N) is 2. The number of benzene rings is 1. The molecule has 2 heterocycles. The Morgan fingerprint density at radius 1 is 1.45 bits per heavy atom. The Morgan fingerprint density at radius 3 is 2.86 bits per heavy atom. The lowest BCUT2D eigenvalue weighted by atomic mass is 9.90. The van der Waals surface area contributed by atoms with E-state index in [-0.39, 0.29) is 12.0 Å². The number of amidine groups is 1. The molecule has 1 atom stereocenters. The number of esters is 1. The van der Waals surface area contributed by atoms with Gasteiger partial charge in [-0.05, 0) is 44.5 Å². The van der Waals surface area contributed by atoms with E-state index in [2.05, 4.69) is 26.2 Å². The van der Waals surface area contributed by atoms with E-state index in [9.17, 15) is 9.18 Å². The average Bonchev–Trinajstić information content (AvgIpc) is 3.19. The monoisotopic (exact) mass is 499 g/mol. The third-order valence-electron chi connectivity index (χ3n) is 4.46. The quantitative estimate of drug-likeness (QED) is 0.440. The second kappa shape index (κ2) is 8.93. The minimum atomic E-state index is -0.867. The van der Waals surface area contributed by atoms with Crippen LogP contribution in [0.25, 0.3) is 0 Å². The number of thiazole rings is 1. The molecular formula is C20H20BrClFN3O2S. The third kappa shape index (κ3) is 4.70. The summed E-state index contributed by atoms with van der Waals surface area (Å²) >= 11 is 11.1. The van der Waals surface area contributed by atoms with Crippen LogP contribution in [0.5, 0.6) is 0 Å². The van der Waals surface area contributed by atoms with Gasteiger partial charge >= 0.3 is 5.97 Å². The van der Waals surface area contributed by atoms with Gasteiger partial charge in [0.05, 0.1) is 18.3 Å². The molecule has 0 radical (unpaired) electrons. The van der Waals surface area contributed by atoms with E-state index in [0.29, 0.717) is 39.1 Å². The van der Waals surface area contributed by atoms with Gasteiger partial charge in [-0.2, -0.15) is 0 Å². The zero-order valence-corrected chi connectivity index (χ0v) is 19.3. The van der Waals surface area contributed by atoms with E-state index in [4.69, 9.17) is 21.3 Å². The molecule has 0 aliphatic carbocycles. The second-order valence-electron chi connectivity index (χ2n) is 6.92. The van der Waals surface area contributed by atoms with Crippen molar-refractivity contribution in [3.05, 3.63) is 62.5 Å². The number of ether oxygens (including phenoxy) is 1. The molecule has 1 N–H and O–H groups in total. The fourth-order valence-corrected chi connectivity index (χ4v) is 4.31. The van der Waals surface area contributed by atoms with Crippen molar-refractivity contribution >= 4 is 50.7 Å². The van der Waals surface area contributed by atoms with Crippen LogP contribution in [0, 0.1) is 5.82 Å². The van der Waals surface area contributed by atoms with Crippen LogP contribution in [-0.4, -0.2) is 28.7 Å². The number of aliphatic imine (C=N–C) groups is 1. The van der Waals surface area contributed by atoms with Gasteiger partial charge < -0.3 is 10.1 Å². The van der Waals surface area contributed by atoms with Crippen LogP contribution in [0.4, 0.5) is 4.39 Å². The van der Waals surface area contributed by atoms with Gasteiger partial charge in [-0.3, -0.25) is 9.79 Å². The zero-order chi connectivity index (χ0) is 21.2. The van der Waals surface area contributed by atoms with Crippen LogP contribution >= 0.6 is 38.9 Å². The van der Waals surface area contributed by atoms with Gasteiger partial charge in [0, 0.05) is 21.4 Å². The Morgan fingerprint density at radius 2 is 2.21 bits per heavy atom. The van der Waals surface area contributed by atoms with Crippen molar-refractivity contribution in [3.63, 3.8) is 0 Å². The van der Waals surface area contributed by atoms with Crippen LogP contribution in [-0.2, 0) is 14.9 Å². The molecule has 29 heavy (non-hydrogen) atoms. The summed E-state index contributed by atoms with van der Waals surface area (Å²) in [5.74, 6) is -0.150. The van der Waals surface area contributed by atoms with Crippen LogP contribution in [0.2, 0.25) is 5.02 Å². The molecule has 154 valence electrons. The fraction of sp³-hybridized carbons (Fsp3) is 0.350. The van der Waals surface area contributed by atoms with Crippen molar-refractivity contribution in [1.82, 2.24) is 10.3 Å². The number of allylic oxidation sites excluding steroid dienone is 1. The van der Waals surface area contributed by atoms with Crippen molar-refractivity contribution in [2.24, 2.45) is 4.99 Å². The summed E-state index contributed by atoms with van der Waals surface area (Å²) in [6.45, 7) is 5.65. The number of carbonyl (C=O) groups excluding carboxylic acids is 1. The predicted molar refractivity (Wildman–Crippen MR) is 117 cm³/mol. The molecule has 1 aliphatic rings. The van der Waals surface area contributed by atoms with E-state index in [0.717, 1.165) is 5.70 Å². The summed E-state index contributed by atoms with van der Waals surface area (Å²) in [5.41, 5.74) is 1.34. The molecule has 0 saturated heterocycles. The van der Waals surface area contributed by atoms with E-state index >= 15 is 0 Å². The molecule has 1 aliphatic heterocycles. The average molecular weight is 501 g/mol. The van der Waals surface area contributed by atoms with Gasteiger partial charge in [0.1, 0.15) is 11.2 Å². The Hall–Kier alpha value is -1.77. The van der Waals surface area contributed by atoms with E-state index in [1.807, 2.05) is 11.5 Å². The molecule has 1 aromatic carbocycles. The first kappa shape index (κ1) is 21.9. The molecule has 2 aromatic rings. The molecule has 9 heteroatoms. The van der Waals surface area contributed by atoms with E-state index in [1.54, 1.807) is 26.8 Å². The summed E-state index contributed by atoms with van der Waals surface area (Å²) in [4.78, 5) is 21.6. The van der Waals surface area contributed by atoms with Crippen LogP contribution in [0.1, 0.15) is 43.1 Å². The Bertz CT molecular complexity index is 990. The molecule has 0 fully saturated rings. The summed E-state index contributed by atoms with van der Waals surface area (Å²) < 4.78 is 18.6. The lowest BCUT2D eigenvalue weighted by Crippen LogP contribution is -2.32. The van der Waals surface area contributed by atoms with Gasteiger partial charge in [-0.15, -0.1) is 11.3 Å². The first-order valence-electron chi connectivity index (χ1n) is 8.96. The highest BCUT2D eigenvalue weighted by atomic mass is 79.9. The fourth-order valence-electron chi connectivity index (χ4n) is 2.77. The van der Waals surface area contributed by atoms with Crippen molar-refractivity contribution in [1.29, 1.82) is 0 Å². The topological polar surface area (TPSA) is 63.6 Å². The standard InChI is InChI=1S/C20H20BrClFN3O2S/c1-4-28-19(27)20(2,3)16-10-29-18(26-16)17-24-12(9-21)8-15(25-17)13-6-5-11(23)7-14(13)22/h5-8,10,15H,4,9H2,1-3H3,(H,24,25). The number of hydrogen-bond acceptors (Lipinski definition) is 6. The summed E-state index contributed by atoms with van der Waals surface area (Å²) in [7, 11) is 0. The van der Waals surface area contributed by atoms with Crippen molar-refractivity contribution in [2.45, 2.75) is 32.2 Å². The Kier molecular flexibility index (Phi) is 6.76. The number of halogens is 3. The predicted octanol–water partition coefficient (Wildman–Crippen LogP) is 5.15. The first-order chi connectivity index (χ1) is 13.8. The number of carbonyl (C=O) groups is 1. The zero-order valence-electron chi connectivity index (χ0n) is 16.1. The number of rotatable bonds is 6. The van der Waals surface area contributed by atoms with Crippen LogP contribution < -0.4 is 5.32 Å². The summed E-state index contributed by atoms with van der Waals surface area (Å²) in [5, 5.41) is 6.62. The highest BCUT2D eigenvalue weighted by Crippen LogP contribution is 2.32. The minimum Gasteiger partial charge on any atom is -0.465 e. The largest absolute Gasteiger partial charge is 0.465 e. The minimum absolute atomic E-state index is 0.313. The lowest BCUT2D eigenvalue weighted by Gasteiger charge is -2.22. The number of alkyl halides is 1. The molecule has 0 bridgehead atoms. The normalized spacial score (nSPS) is 16.7. The van der Waals surface area contributed by atoms with Gasteiger partial charge in [0.25, 0.3) is 0 Å². The molecule has 5 nitrogen and oxygen atoms in total. The van der Waals surface area contributed by atoms with Crippen LogP contribution in [0.3, 0.4) is 0 Å². The highest BCUT2D eigenvalue weighted by Gasteiger charge is 2.34. The highest BCUT2D eigenvalue weighted by molar-refractivity contribution is 9.09. The Labute approximate surface area is 186 Å². The molecule has 0 spiro atoms. The summed E-state index contributed by atoms with van der Waals surface area (Å²) in [6, 6.07) is 3.90.